The molecular weight excluding hydrogens is 398 g/mol. The van der Waals surface area contributed by atoms with Gasteiger partial charge in [-0.1, -0.05) is 12.6 Å². The highest BCUT2D eigenvalue weighted by atomic mass is 16.5. The minimum Gasteiger partial charge on any atom is -0.495 e. The highest BCUT2D eigenvalue weighted by molar-refractivity contribution is 5.99. The fourth-order valence-corrected chi connectivity index (χ4v) is 2.94. The highest BCUT2D eigenvalue weighted by Gasteiger charge is 2.17. The van der Waals surface area contributed by atoms with Crippen LogP contribution in [0.15, 0.2) is 47.4 Å². The van der Waals surface area contributed by atoms with Crippen molar-refractivity contribution >= 4 is 11.7 Å². The van der Waals surface area contributed by atoms with Gasteiger partial charge in [-0.2, -0.15) is 5.26 Å². The van der Waals surface area contributed by atoms with E-state index in [0.717, 1.165) is 4.68 Å². The molecule has 2 rings (SSSR count). The number of nitriles is 1. The molecule has 0 saturated heterocycles. The summed E-state index contributed by atoms with van der Waals surface area (Å²) in [4.78, 5) is 24.8. The quantitative estimate of drug-likeness (QED) is 0.187. The summed E-state index contributed by atoms with van der Waals surface area (Å²) in [7, 11) is 3.05. The average molecular weight is 423 g/mol. The first-order valence-corrected chi connectivity index (χ1v) is 9.47. The first kappa shape index (κ1) is 23.4. The Labute approximate surface area is 180 Å². The van der Waals surface area contributed by atoms with Crippen molar-refractivity contribution in [3.8, 4) is 22.9 Å². The van der Waals surface area contributed by atoms with Crippen LogP contribution in [0.1, 0.15) is 17.5 Å². The molecule has 1 aromatic heterocycles. The Morgan fingerprint density at radius 1 is 1.35 bits per heavy atom. The van der Waals surface area contributed by atoms with Crippen LogP contribution in [-0.2, 0) is 9.53 Å². The second-order valence-corrected chi connectivity index (χ2v) is 6.60. The Bertz CT molecular complexity index is 1120. The number of carbonyl (C=O) groups is 1. The number of benzene rings is 1. The summed E-state index contributed by atoms with van der Waals surface area (Å²) < 4.78 is 11.3. The fourth-order valence-electron chi connectivity index (χ4n) is 2.94. The van der Waals surface area contributed by atoms with Gasteiger partial charge in [-0.3, -0.25) is 20.1 Å². The zero-order chi connectivity index (χ0) is 23.0. The number of H-pyrrole nitrogens is 1. The van der Waals surface area contributed by atoms with Crippen LogP contribution in [0, 0.1) is 23.7 Å². The third-order valence-corrected chi connectivity index (χ3v) is 4.58. The largest absolute Gasteiger partial charge is 0.495 e. The number of nitrogens with zero attached hydrogens (tertiary/aromatic N) is 2. The number of aromatic nitrogens is 2. The Balaban J connectivity index is 2.19. The van der Waals surface area contributed by atoms with E-state index in [1.54, 1.807) is 26.2 Å². The van der Waals surface area contributed by atoms with E-state index < -0.39 is 5.56 Å². The van der Waals surface area contributed by atoms with Crippen LogP contribution in [0.5, 0.6) is 5.75 Å². The van der Waals surface area contributed by atoms with Crippen LogP contribution < -0.4 is 15.6 Å². The predicted octanol–water partition coefficient (Wildman–Crippen LogP) is 2.12. The van der Waals surface area contributed by atoms with Crippen molar-refractivity contribution < 1.29 is 14.3 Å². The summed E-state index contributed by atoms with van der Waals surface area (Å²) in [6.45, 7) is 6.42. The zero-order valence-electron chi connectivity index (χ0n) is 17.7. The molecule has 162 valence electrons. The molecule has 0 aliphatic rings. The monoisotopic (exact) mass is 423 g/mol. The Kier molecular flexibility index (Phi) is 8.11. The number of amides is 1. The summed E-state index contributed by atoms with van der Waals surface area (Å²) in [5.41, 5.74) is 1.65. The molecular formula is C22H25N5O4. The second-order valence-electron chi connectivity index (χ2n) is 6.60. The number of methoxy groups -OCH3 is 2. The SMILES string of the molecule is C=C(/C=C\C(=N)n1[nH]cc(-c2ccc(C#N)c(OC)c2C)c1=O)C(=O)NCCCOC. The highest BCUT2D eigenvalue weighted by Crippen LogP contribution is 2.31. The van der Waals surface area contributed by atoms with Gasteiger partial charge in [0.2, 0.25) is 0 Å². The van der Waals surface area contributed by atoms with Crippen molar-refractivity contribution in [1.82, 2.24) is 15.1 Å². The fraction of sp³-hybridized carbons (Fsp3) is 0.273. The van der Waals surface area contributed by atoms with Crippen LogP contribution in [0.25, 0.3) is 11.1 Å². The topological polar surface area (TPSA) is 133 Å². The smallest absolute Gasteiger partial charge is 0.280 e. The molecule has 0 radical (unpaired) electrons. The molecule has 31 heavy (non-hydrogen) atoms. The lowest BCUT2D eigenvalue weighted by Crippen LogP contribution is -2.26. The summed E-state index contributed by atoms with van der Waals surface area (Å²) >= 11 is 0. The number of hydrogen-bond acceptors (Lipinski definition) is 6. The Hall–Kier alpha value is -3.90. The van der Waals surface area contributed by atoms with Crippen molar-refractivity contribution in [2.45, 2.75) is 13.3 Å². The summed E-state index contributed by atoms with van der Waals surface area (Å²) in [5, 5.41) is 22.8. The predicted molar refractivity (Wildman–Crippen MR) is 117 cm³/mol. The minimum atomic E-state index is -0.445. The van der Waals surface area contributed by atoms with Gasteiger partial charge in [-0.05, 0) is 37.1 Å². The maximum absolute atomic E-state index is 12.8. The van der Waals surface area contributed by atoms with E-state index in [-0.39, 0.29) is 17.3 Å². The molecule has 9 heteroatoms. The van der Waals surface area contributed by atoms with Crippen LogP contribution in [0.4, 0.5) is 0 Å². The maximum atomic E-state index is 12.8. The summed E-state index contributed by atoms with van der Waals surface area (Å²) in [6.07, 6.45) is 4.84. The van der Waals surface area contributed by atoms with Gasteiger partial charge in [0, 0.05) is 37.6 Å². The second kappa shape index (κ2) is 10.8. The van der Waals surface area contributed by atoms with E-state index in [2.05, 4.69) is 23.1 Å². The molecule has 3 N–H and O–H groups in total. The third kappa shape index (κ3) is 5.38. The van der Waals surface area contributed by atoms with Gasteiger partial charge in [-0.25, -0.2) is 4.68 Å². The van der Waals surface area contributed by atoms with E-state index in [4.69, 9.17) is 14.9 Å². The van der Waals surface area contributed by atoms with Crippen LogP contribution >= 0.6 is 0 Å². The first-order valence-electron chi connectivity index (χ1n) is 9.47. The molecule has 1 aromatic carbocycles. The van der Waals surface area contributed by atoms with Crippen molar-refractivity contribution in [2.75, 3.05) is 27.4 Å². The molecule has 0 fully saturated rings. The lowest BCUT2D eigenvalue weighted by atomic mass is 9.99. The number of aromatic amines is 1. The molecule has 0 atom stereocenters. The normalized spacial score (nSPS) is 10.6. The molecule has 0 aliphatic heterocycles. The Morgan fingerprint density at radius 2 is 2.10 bits per heavy atom. The van der Waals surface area contributed by atoms with E-state index in [1.807, 2.05) is 0 Å². The lowest BCUT2D eigenvalue weighted by Gasteiger charge is -2.10. The number of nitrogens with one attached hydrogen (secondary N) is 3. The van der Waals surface area contributed by atoms with Crippen molar-refractivity contribution in [3.05, 3.63) is 64.1 Å². The van der Waals surface area contributed by atoms with Crippen molar-refractivity contribution in [3.63, 3.8) is 0 Å². The van der Waals surface area contributed by atoms with Crippen molar-refractivity contribution in [1.29, 1.82) is 10.7 Å². The zero-order valence-corrected chi connectivity index (χ0v) is 17.7. The Morgan fingerprint density at radius 3 is 2.74 bits per heavy atom. The van der Waals surface area contributed by atoms with Gasteiger partial charge in [0.1, 0.15) is 17.7 Å². The van der Waals surface area contributed by atoms with Gasteiger partial charge in [0.25, 0.3) is 11.5 Å². The minimum absolute atomic E-state index is 0.162. The molecule has 9 nitrogen and oxygen atoms in total. The van der Waals surface area contributed by atoms with E-state index in [1.165, 1.54) is 25.5 Å². The molecule has 1 heterocycles. The van der Waals surface area contributed by atoms with E-state index in [9.17, 15) is 14.9 Å². The van der Waals surface area contributed by atoms with Gasteiger partial charge >= 0.3 is 0 Å². The molecule has 2 aromatic rings. The van der Waals surface area contributed by atoms with Crippen molar-refractivity contribution in [2.24, 2.45) is 0 Å². The van der Waals surface area contributed by atoms with Gasteiger partial charge in [-0.15, -0.1) is 0 Å². The lowest BCUT2D eigenvalue weighted by molar-refractivity contribution is -0.117. The number of ether oxygens (including phenoxy) is 2. The molecule has 0 bridgehead atoms. The average Bonchev–Trinajstić information content (AvgIpc) is 3.15. The van der Waals surface area contributed by atoms with Gasteiger partial charge < -0.3 is 14.8 Å². The summed E-state index contributed by atoms with van der Waals surface area (Å²) in [5.74, 6) is -0.127. The number of rotatable bonds is 9. The standard InChI is InChI=1S/C22H25N5O4/c1-14(21(28)25-10-5-11-30-3)6-9-19(24)27-22(29)18(13-26-27)17-8-7-16(12-23)20(31-4)15(17)2/h6-9,13,24,26H,1,5,10-11H2,2-4H3,(H,25,28)/b9-6-,24-19?. The molecule has 1 amide bonds. The van der Waals surface area contributed by atoms with Crippen LogP contribution in [0.2, 0.25) is 0 Å². The molecule has 0 aliphatic carbocycles. The van der Waals surface area contributed by atoms with Crippen LogP contribution in [0.3, 0.4) is 0 Å². The molecule has 0 spiro atoms. The van der Waals surface area contributed by atoms with E-state index >= 15 is 0 Å². The van der Waals surface area contributed by atoms with Gasteiger partial charge in [0.05, 0.1) is 18.2 Å². The number of allylic oxidation sites excluding steroid dienone is 1. The third-order valence-electron chi connectivity index (χ3n) is 4.58. The number of carbonyl (C=O) groups excluding carboxylic acids is 1. The van der Waals surface area contributed by atoms with Crippen LogP contribution in [-0.4, -0.2) is 48.9 Å². The molecule has 0 saturated carbocycles. The summed E-state index contributed by atoms with van der Waals surface area (Å²) in [6, 6.07) is 5.30. The van der Waals surface area contributed by atoms with E-state index in [0.29, 0.717) is 47.6 Å². The number of hydrogen-bond donors (Lipinski definition) is 3. The van der Waals surface area contributed by atoms with Gasteiger partial charge in [0.15, 0.2) is 0 Å². The maximum Gasteiger partial charge on any atom is 0.280 e. The molecule has 0 unspecified atom stereocenters. The first-order chi connectivity index (χ1) is 14.8.